The van der Waals surface area contributed by atoms with E-state index in [1.54, 1.807) is 11.3 Å². The highest BCUT2D eigenvalue weighted by Gasteiger charge is 2.20. The zero-order valence-electron chi connectivity index (χ0n) is 9.87. The fraction of sp³-hybridized carbons (Fsp3) is 0.286. The van der Waals surface area contributed by atoms with Gasteiger partial charge in [0.05, 0.1) is 23.6 Å². The van der Waals surface area contributed by atoms with Gasteiger partial charge in [-0.25, -0.2) is 0 Å². The van der Waals surface area contributed by atoms with Gasteiger partial charge < -0.3 is 4.74 Å². The summed E-state index contributed by atoms with van der Waals surface area (Å²) in [4.78, 5) is 1.02. The maximum atomic E-state index is 6.54. The Balaban J connectivity index is 1.97. The van der Waals surface area contributed by atoms with E-state index in [4.69, 9.17) is 27.9 Å². The summed E-state index contributed by atoms with van der Waals surface area (Å²) in [6, 6.07) is 6.29. The number of fused-ring (bicyclic) bond motifs is 1. The molecule has 0 radical (unpaired) electrons. The molecule has 0 fully saturated rings. The van der Waals surface area contributed by atoms with Crippen molar-refractivity contribution in [3.63, 3.8) is 0 Å². The maximum Gasteiger partial charge on any atom is 0.0942 e. The molecule has 94 valence electrons. The van der Waals surface area contributed by atoms with E-state index in [-0.39, 0.29) is 5.38 Å². The third-order valence-corrected chi connectivity index (χ3v) is 5.57. The van der Waals surface area contributed by atoms with Crippen LogP contribution in [0.2, 0.25) is 5.02 Å². The number of benzene rings is 1. The lowest BCUT2D eigenvalue weighted by Crippen LogP contribution is -1.93. The Labute approximate surface area is 120 Å². The van der Waals surface area contributed by atoms with E-state index in [0.29, 0.717) is 13.2 Å². The van der Waals surface area contributed by atoms with Gasteiger partial charge in [0.2, 0.25) is 0 Å². The zero-order valence-corrected chi connectivity index (χ0v) is 12.2. The molecule has 18 heavy (non-hydrogen) atoms. The van der Waals surface area contributed by atoms with Gasteiger partial charge in [-0.05, 0) is 34.6 Å². The monoisotopic (exact) mass is 298 g/mol. The molecule has 1 aromatic carbocycles. The zero-order chi connectivity index (χ0) is 12.7. The van der Waals surface area contributed by atoms with Gasteiger partial charge in [0.1, 0.15) is 0 Å². The minimum atomic E-state index is -0.179. The van der Waals surface area contributed by atoms with Crippen molar-refractivity contribution in [2.75, 3.05) is 0 Å². The lowest BCUT2D eigenvalue weighted by atomic mass is 10.0. The molecule has 2 aromatic rings. The second-order valence-corrected chi connectivity index (χ2v) is 6.21. The Hall–Kier alpha value is -0.540. The Kier molecular flexibility index (Phi) is 3.37. The van der Waals surface area contributed by atoms with Crippen LogP contribution in [0.25, 0.3) is 0 Å². The number of hydrogen-bond donors (Lipinski definition) is 0. The van der Waals surface area contributed by atoms with Crippen molar-refractivity contribution in [1.82, 2.24) is 0 Å². The summed E-state index contributed by atoms with van der Waals surface area (Å²) >= 11 is 14.4. The first kappa shape index (κ1) is 12.5. The predicted octanol–water partition coefficient (Wildman–Crippen LogP) is 5.07. The lowest BCUT2D eigenvalue weighted by molar-refractivity contribution is 0.134. The van der Waals surface area contributed by atoms with E-state index in [1.165, 1.54) is 11.1 Å². The molecule has 3 rings (SSSR count). The summed E-state index contributed by atoms with van der Waals surface area (Å²) in [6.45, 7) is 3.40. The molecule has 0 amide bonds. The normalized spacial score (nSPS) is 15.7. The topological polar surface area (TPSA) is 9.23 Å². The average Bonchev–Trinajstić information content (AvgIpc) is 2.96. The van der Waals surface area contributed by atoms with Gasteiger partial charge in [-0.2, -0.15) is 0 Å². The van der Waals surface area contributed by atoms with Crippen LogP contribution in [0.15, 0.2) is 23.6 Å². The molecule has 1 nitrogen and oxygen atoms in total. The van der Waals surface area contributed by atoms with Crippen LogP contribution >= 0.6 is 34.5 Å². The summed E-state index contributed by atoms with van der Waals surface area (Å²) in [5, 5.41) is 2.66. The second kappa shape index (κ2) is 4.86. The van der Waals surface area contributed by atoms with Crippen LogP contribution in [0.3, 0.4) is 0 Å². The summed E-state index contributed by atoms with van der Waals surface area (Å²) in [5.74, 6) is 0. The predicted molar refractivity (Wildman–Crippen MR) is 76.7 cm³/mol. The van der Waals surface area contributed by atoms with Gasteiger partial charge in [-0.1, -0.05) is 29.8 Å². The number of aryl methyl sites for hydroxylation is 1. The van der Waals surface area contributed by atoms with Crippen molar-refractivity contribution >= 4 is 34.5 Å². The molecule has 0 spiro atoms. The summed E-state index contributed by atoms with van der Waals surface area (Å²) in [7, 11) is 0. The first-order valence-electron chi connectivity index (χ1n) is 5.74. The van der Waals surface area contributed by atoms with Gasteiger partial charge in [0, 0.05) is 4.88 Å². The molecule has 1 aromatic heterocycles. The number of alkyl halides is 1. The number of thiophene rings is 1. The Bertz CT molecular complexity index is 591. The quantitative estimate of drug-likeness (QED) is 0.704. The van der Waals surface area contributed by atoms with Crippen LogP contribution < -0.4 is 0 Å². The van der Waals surface area contributed by atoms with E-state index in [0.717, 1.165) is 21.0 Å². The van der Waals surface area contributed by atoms with Crippen LogP contribution in [-0.2, 0) is 18.0 Å². The molecule has 0 bridgehead atoms. The standard InChI is InChI=1S/C14H12Cl2OS/c1-8-7-18-14(12(8)15)13(16)9-2-3-10-5-17-6-11(10)4-9/h2-4,7,13H,5-6H2,1H3. The molecule has 1 unspecified atom stereocenters. The van der Waals surface area contributed by atoms with Crippen molar-refractivity contribution < 1.29 is 4.74 Å². The van der Waals surface area contributed by atoms with Crippen molar-refractivity contribution in [1.29, 1.82) is 0 Å². The minimum absolute atomic E-state index is 0.179. The fourth-order valence-corrected chi connectivity index (χ4v) is 3.88. The van der Waals surface area contributed by atoms with Crippen LogP contribution in [0.5, 0.6) is 0 Å². The van der Waals surface area contributed by atoms with Gasteiger partial charge in [0.25, 0.3) is 0 Å². The average molecular weight is 299 g/mol. The number of rotatable bonds is 2. The molecule has 1 aliphatic rings. The number of ether oxygens (including phenoxy) is 1. The van der Waals surface area contributed by atoms with E-state index >= 15 is 0 Å². The first-order valence-corrected chi connectivity index (χ1v) is 7.43. The number of halogens is 2. The SMILES string of the molecule is Cc1csc(C(Cl)c2ccc3c(c2)COC3)c1Cl. The Morgan fingerprint density at radius 3 is 2.78 bits per heavy atom. The molecule has 0 N–H and O–H groups in total. The van der Waals surface area contributed by atoms with Crippen LogP contribution in [0.4, 0.5) is 0 Å². The van der Waals surface area contributed by atoms with Gasteiger partial charge in [-0.3, -0.25) is 0 Å². The van der Waals surface area contributed by atoms with E-state index < -0.39 is 0 Å². The van der Waals surface area contributed by atoms with Crippen molar-refractivity contribution in [3.05, 3.63) is 55.7 Å². The van der Waals surface area contributed by atoms with E-state index in [1.807, 2.05) is 12.3 Å². The maximum absolute atomic E-state index is 6.54. The van der Waals surface area contributed by atoms with E-state index in [2.05, 4.69) is 18.2 Å². The molecule has 4 heteroatoms. The third kappa shape index (κ3) is 2.08. The van der Waals surface area contributed by atoms with Crippen molar-refractivity contribution in [2.24, 2.45) is 0 Å². The second-order valence-electron chi connectivity index (χ2n) is 4.48. The molecule has 0 saturated carbocycles. The van der Waals surface area contributed by atoms with E-state index in [9.17, 15) is 0 Å². The largest absolute Gasteiger partial charge is 0.372 e. The smallest absolute Gasteiger partial charge is 0.0942 e. The molecular weight excluding hydrogens is 287 g/mol. The van der Waals surface area contributed by atoms with Crippen LogP contribution in [-0.4, -0.2) is 0 Å². The molecule has 0 saturated heterocycles. The summed E-state index contributed by atoms with van der Waals surface area (Å²) in [5.41, 5.74) is 4.68. The van der Waals surface area contributed by atoms with Gasteiger partial charge in [0.15, 0.2) is 0 Å². The minimum Gasteiger partial charge on any atom is -0.372 e. The first-order chi connectivity index (χ1) is 8.66. The van der Waals surface area contributed by atoms with Gasteiger partial charge >= 0.3 is 0 Å². The van der Waals surface area contributed by atoms with Gasteiger partial charge in [-0.15, -0.1) is 22.9 Å². The van der Waals surface area contributed by atoms with Crippen molar-refractivity contribution in [2.45, 2.75) is 25.5 Å². The van der Waals surface area contributed by atoms with Crippen LogP contribution in [0, 0.1) is 6.92 Å². The van der Waals surface area contributed by atoms with Crippen LogP contribution in [0.1, 0.15) is 32.5 Å². The highest BCUT2D eigenvalue weighted by Crippen LogP contribution is 2.40. The molecule has 1 aliphatic heterocycles. The molecular formula is C14H12Cl2OS. The lowest BCUT2D eigenvalue weighted by Gasteiger charge is -2.10. The highest BCUT2D eigenvalue weighted by molar-refractivity contribution is 7.11. The Morgan fingerprint density at radius 1 is 1.28 bits per heavy atom. The molecule has 0 aliphatic carbocycles. The third-order valence-electron chi connectivity index (χ3n) is 3.19. The van der Waals surface area contributed by atoms with Crippen molar-refractivity contribution in [3.8, 4) is 0 Å². The molecule has 1 atom stereocenters. The Morgan fingerprint density at radius 2 is 2.06 bits per heavy atom. The summed E-state index contributed by atoms with van der Waals surface area (Å²) in [6.07, 6.45) is 0. The highest BCUT2D eigenvalue weighted by atomic mass is 35.5. The fourth-order valence-electron chi connectivity index (χ4n) is 2.12. The number of hydrogen-bond acceptors (Lipinski definition) is 2. The molecule has 2 heterocycles. The summed E-state index contributed by atoms with van der Waals surface area (Å²) < 4.78 is 5.42.